The summed E-state index contributed by atoms with van der Waals surface area (Å²) in [6.07, 6.45) is 5.71. The van der Waals surface area contributed by atoms with Crippen molar-refractivity contribution in [1.29, 1.82) is 0 Å². The average Bonchev–Trinajstić information content (AvgIpc) is 2.58. The van der Waals surface area contributed by atoms with Crippen LogP contribution in [0.15, 0.2) is 48.9 Å². The fourth-order valence-electron chi connectivity index (χ4n) is 2.26. The molecule has 0 fully saturated rings. The van der Waals surface area contributed by atoms with E-state index in [0.717, 1.165) is 22.3 Å². The van der Waals surface area contributed by atoms with Crippen LogP contribution in [-0.2, 0) is 6.42 Å². The molecule has 0 atom stereocenters. The van der Waals surface area contributed by atoms with Gasteiger partial charge < -0.3 is 4.74 Å². The lowest BCUT2D eigenvalue weighted by atomic mass is 10.0. The molecule has 1 aromatic carbocycles. The Bertz CT molecular complexity index is 807. The monoisotopic (exact) mass is 329 g/mol. The van der Waals surface area contributed by atoms with E-state index < -0.39 is 0 Å². The summed E-state index contributed by atoms with van der Waals surface area (Å²) < 4.78 is 18.4. The minimum atomic E-state index is -0.282. The molecule has 3 rings (SSSR count). The molecule has 0 aliphatic carbocycles. The molecular weight excluding hydrogens is 317 g/mol. The van der Waals surface area contributed by atoms with Crippen molar-refractivity contribution in [3.63, 3.8) is 0 Å². The summed E-state index contributed by atoms with van der Waals surface area (Å²) in [6, 6.07) is 8.19. The lowest BCUT2D eigenvalue weighted by Crippen LogP contribution is -1.97. The molecule has 116 valence electrons. The van der Waals surface area contributed by atoms with Gasteiger partial charge in [0.1, 0.15) is 5.82 Å². The minimum absolute atomic E-state index is 0.216. The quantitative estimate of drug-likeness (QED) is 0.680. The Morgan fingerprint density at radius 2 is 1.65 bits per heavy atom. The largest absolute Gasteiger partial charge is 0.481 e. The molecule has 0 amide bonds. The standard InChI is InChI=1S/C17H13ClFN3O/c1-23-16-15(13-2-4-14(19)5-3-13)7-11(8-20-16)6-12-9-21-17(18)22-10-12/h2-5,7-10H,6H2,1H3. The average molecular weight is 330 g/mol. The molecule has 0 saturated heterocycles. The zero-order valence-corrected chi connectivity index (χ0v) is 13.1. The Morgan fingerprint density at radius 3 is 2.30 bits per heavy atom. The van der Waals surface area contributed by atoms with Crippen molar-refractivity contribution < 1.29 is 9.13 Å². The maximum Gasteiger partial charge on any atom is 0.222 e. The van der Waals surface area contributed by atoms with Crippen molar-refractivity contribution in [2.24, 2.45) is 0 Å². The van der Waals surface area contributed by atoms with E-state index in [4.69, 9.17) is 16.3 Å². The molecule has 6 heteroatoms. The number of methoxy groups -OCH3 is 1. The van der Waals surface area contributed by atoms with Crippen LogP contribution < -0.4 is 4.74 Å². The first kappa shape index (κ1) is 15.4. The van der Waals surface area contributed by atoms with E-state index >= 15 is 0 Å². The minimum Gasteiger partial charge on any atom is -0.481 e. The molecule has 0 N–H and O–H groups in total. The molecule has 0 bridgehead atoms. The highest BCUT2D eigenvalue weighted by Gasteiger charge is 2.10. The van der Waals surface area contributed by atoms with Gasteiger partial charge in [-0.05, 0) is 46.5 Å². The first-order valence-corrected chi connectivity index (χ1v) is 7.29. The molecule has 0 aliphatic rings. The maximum atomic E-state index is 13.1. The highest BCUT2D eigenvalue weighted by atomic mass is 35.5. The van der Waals surface area contributed by atoms with Gasteiger partial charge in [0.05, 0.1) is 7.11 Å². The molecule has 0 aliphatic heterocycles. The van der Waals surface area contributed by atoms with E-state index in [1.807, 2.05) is 6.07 Å². The van der Waals surface area contributed by atoms with E-state index in [2.05, 4.69) is 15.0 Å². The van der Waals surface area contributed by atoms with Gasteiger partial charge in [0.25, 0.3) is 0 Å². The molecule has 4 nitrogen and oxygen atoms in total. The summed E-state index contributed by atoms with van der Waals surface area (Å²) >= 11 is 5.69. The number of benzene rings is 1. The number of aromatic nitrogens is 3. The highest BCUT2D eigenvalue weighted by Crippen LogP contribution is 2.29. The molecule has 23 heavy (non-hydrogen) atoms. The van der Waals surface area contributed by atoms with Crippen LogP contribution in [0.3, 0.4) is 0 Å². The molecule has 2 aromatic heterocycles. The number of ether oxygens (including phenoxy) is 1. The molecule has 0 radical (unpaired) electrons. The third-order valence-corrected chi connectivity index (χ3v) is 3.53. The van der Waals surface area contributed by atoms with Gasteiger partial charge in [-0.15, -0.1) is 0 Å². The number of hydrogen-bond donors (Lipinski definition) is 0. The number of hydrogen-bond acceptors (Lipinski definition) is 4. The molecule has 0 unspecified atom stereocenters. The van der Waals surface area contributed by atoms with Gasteiger partial charge in [0.15, 0.2) is 0 Å². The van der Waals surface area contributed by atoms with Crippen LogP contribution in [0.1, 0.15) is 11.1 Å². The Morgan fingerprint density at radius 1 is 1.00 bits per heavy atom. The van der Waals surface area contributed by atoms with Crippen LogP contribution in [-0.4, -0.2) is 22.1 Å². The molecule has 0 saturated carbocycles. The van der Waals surface area contributed by atoms with Crippen LogP contribution in [0.2, 0.25) is 5.28 Å². The topological polar surface area (TPSA) is 47.9 Å². The van der Waals surface area contributed by atoms with Crippen molar-refractivity contribution in [3.05, 3.63) is 71.2 Å². The number of rotatable bonds is 4. The summed E-state index contributed by atoms with van der Waals surface area (Å²) in [5.41, 5.74) is 3.53. The first-order chi connectivity index (χ1) is 11.2. The van der Waals surface area contributed by atoms with Crippen molar-refractivity contribution in [3.8, 4) is 17.0 Å². The van der Waals surface area contributed by atoms with E-state index in [9.17, 15) is 4.39 Å². The summed E-state index contributed by atoms with van der Waals surface area (Å²) in [7, 11) is 1.56. The fraction of sp³-hybridized carbons (Fsp3) is 0.118. The smallest absolute Gasteiger partial charge is 0.222 e. The van der Waals surface area contributed by atoms with Crippen molar-refractivity contribution in [2.75, 3.05) is 7.11 Å². The lowest BCUT2D eigenvalue weighted by molar-refractivity contribution is 0.399. The van der Waals surface area contributed by atoms with Gasteiger partial charge in [-0.25, -0.2) is 19.3 Å². The first-order valence-electron chi connectivity index (χ1n) is 6.91. The predicted octanol–water partition coefficient (Wildman–Crippen LogP) is 3.93. The molecule has 2 heterocycles. The molecule has 0 spiro atoms. The lowest BCUT2D eigenvalue weighted by Gasteiger charge is -2.10. The zero-order chi connectivity index (χ0) is 16.2. The fourth-order valence-corrected chi connectivity index (χ4v) is 2.35. The van der Waals surface area contributed by atoms with Crippen molar-refractivity contribution >= 4 is 11.6 Å². The van der Waals surface area contributed by atoms with Crippen LogP contribution in [0.4, 0.5) is 4.39 Å². The predicted molar refractivity (Wildman–Crippen MR) is 86.0 cm³/mol. The Kier molecular flexibility index (Phi) is 4.48. The number of halogens is 2. The van der Waals surface area contributed by atoms with Gasteiger partial charge in [0.2, 0.25) is 11.2 Å². The van der Waals surface area contributed by atoms with Gasteiger partial charge in [-0.3, -0.25) is 0 Å². The van der Waals surface area contributed by atoms with Crippen molar-refractivity contribution in [1.82, 2.24) is 15.0 Å². The van der Waals surface area contributed by atoms with E-state index in [1.165, 1.54) is 12.1 Å². The van der Waals surface area contributed by atoms with Crippen LogP contribution in [0, 0.1) is 5.82 Å². The van der Waals surface area contributed by atoms with Crippen LogP contribution in [0.25, 0.3) is 11.1 Å². The summed E-state index contributed by atoms with van der Waals surface area (Å²) in [5.74, 6) is 0.211. The highest BCUT2D eigenvalue weighted by molar-refractivity contribution is 6.28. The van der Waals surface area contributed by atoms with E-state index in [-0.39, 0.29) is 11.1 Å². The normalized spacial score (nSPS) is 10.6. The Hall–Kier alpha value is -2.53. The Balaban J connectivity index is 1.95. The van der Waals surface area contributed by atoms with Gasteiger partial charge in [-0.1, -0.05) is 12.1 Å². The second-order valence-electron chi connectivity index (χ2n) is 4.94. The Labute approximate surface area is 138 Å². The summed E-state index contributed by atoms with van der Waals surface area (Å²) in [5, 5.41) is 0.216. The summed E-state index contributed by atoms with van der Waals surface area (Å²) in [6.45, 7) is 0. The second-order valence-corrected chi connectivity index (χ2v) is 5.28. The van der Waals surface area contributed by atoms with E-state index in [1.54, 1.807) is 37.8 Å². The second kappa shape index (κ2) is 6.71. The molecular formula is C17H13ClFN3O. The number of nitrogens with zero attached hydrogens (tertiary/aromatic N) is 3. The van der Waals surface area contributed by atoms with Crippen LogP contribution >= 0.6 is 11.6 Å². The third-order valence-electron chi connectivity index (χ3n) is 3.34. The van der Waals surface area contributed by atoms with Crippen LogP contribution in [0.5, 0.6) is 5.88 Å². The van der Waals surface area contributed by atoms with Gasteiger partial charge in [-0.2, -0.15) is 0 Å². The van der Waals surface area contributed by atoms with Gasteiger partial charge >= 0.3 is 0 Å². The van der Waals surface area contributed by atoms with E-state index in [0.29, 0.717) is 12.3 Å². The number of pyridine rings is 1. The molecule has 3 aromatic rings. The zero-order valence-electron chi connectivity index (χ0n) is 12.3. The van der Waals surface area contributed by atoms with Gasteiger partial charge in [0, 0.05) is 30.6 Å². The third kappa shape index (κ3) is 3.63. The van der Waals surface area contributed by atoms with Crippen molar-refractivity contribution in [2.45, 2.75) is 6.42 Å². The SMILES string of the molecule is COc1ncc(Cc2cnc(Cl)nc2)cc1-c1ccc(F)cc1. The maximum absolute atomic E-state index is 13.1. The summed E-state index contributed by atoms with van der Waals surface area (Å²) in [4.78, 5) is 12.3.